The first kappa shape index (κ1) is 19.0. The smallest absolute Gasteiger partial charge is 0.178 e. The fourth-order valence-corrected chi connectivity index (χ4v) is 7.49. The predicted molar refractivity (Wildman–Crippen MR) is 98.4 cm³/mol. The lowest BCUT2D eigenvalue weighted by atomic mass is 9.46. The Morgan fingerprint density at radius 2 is 2.04 bits per heavy atom. The number of hydrogen-bond donors (Lipinski definition) is 2. The third kappa shape index (κ3) is 2.47. The molecule has 3 fully saturated rings. The highest BCUT2D eigenvalue weighted by Gasteiger charge is 2.65. The van der Waals surface area contributed by atoms with Gasteiger partial charge in [-0.05, 0) is 60.2 Å². The lowest BCUT2D eigenvalue weighted by Gasteiger charge is -2.59. The number of aliphatic hydroxyl groups excluding tert-OH is 2. The van der Waals surface area contributed by atoms with Crippen LogP contribution in [0.4, 0.5) is 4.39 Å². The highest BCUT2D eigenvalue weighted by Crippen LogP contribution is 2.67. The minimum atomic E-state index is -1.21. The fraction of sp³-hybridized carbons (Fsp3) is 0.727. The fourth-order valence-electron chi connectivity index (χ4n) is 7.49. The van der Waals surface area contributed by atoms with Crippen molar-refractivity contribution in [1.29, 1.82) is 0 Å². The lowest BCUT2D eigenvalue weighted by molar-refractivity contribution is -0.144. The molecule has 4 nitrogen and oxygen atoms in total. The normalized spacial score (nSPS) is 51.3. The summed E-state index contributed by atoms with van der Waals surface area (Å²) in [5.74, 6) is -0.626. The Morgan fingerprint density at radius 1 is 1.33 bits per heavy atom. The van der Waals surface area contributed by atoms with E-state index in [-0.39, 0.29) is 47.6 Å². The summed E-state index contributed by atoms with van der Waals surface area (Å²) in [5.41, 5.74) is -0.599. The van der Waals surface area contributed by atoms with Crippen LogP contribution in [0.2, 0.25) is 0 Å². The molecule has 0 heterocycles. The molecule has 27 heavy (non-hydrogen) atoms. The lowest BCUT2D eigenvalue weighted by Crippen LogP contribution is -2.58. The Bertz CT molecular complexity index is 743. The van der Waals surface area contributed by atoms with Gasteiger partial charge < -0.3 is 10.2 Å². The first-order valence-corrected chi connectivity index (χ1v) is 10.0. The van der Waals surface area contributed by atoms with E-state index in [1.165, 1.54) is 12.2 Å². The summed E-state index contributed by atoms with van der Waals surface area (Å²) in [5, 5.41) is 20.6. The second-order valence-electron chi connectivity index (χ2n) is 9.71. The number of allylic oxidation sites excluding steroid dienone is 4. The van der Waals surface area contributed by atoms with Crippen molar-refractivity contribution in [2.75, 3.05) is 6.61 Å². The molecule has 4 aliphatic rings. The molecule has 5 heteroatoms. The maximum absolute atomic E-state index is 15.2. The zero-order valence-corrected chi connectivity index (χ0v) is 16.2. The molecule has 4 rings (SSSR count). The molecule has 0 aliphatic heterocycles. The summed E-state index contributed by atoms with van der Waals surface area (Å²) >= 11 is 0. The number of halogens is 1. The molecule has 0 amide bonds. The summed E-state index contributed by atoms with van der Waals surface area (Å²) in [6.07, 6.45) is 4.39. The zero-order chi connectivity index (χ0) is 19.7. The van der Waals surface area contributed by atoms with Gasteiger partial charge >= 0.3 is 0 Å². The summed E-state index contributed by atoms with van der Waals surface area (Å²) < 4.78 is 15.2. The number of alkyl halides is 1. The summed E-state index contributed by atoms with van der Waals surface area (Å²) in [6.45, 7) is 5.53. The van der Waals surface area contributed by atoms with Crippen LogP contribution in [-0.2, 0) is 9.59 Å². The molecular weight excluding hydrogens is 347 g/mol. The van der Waals surface area contributed by atoms with E-state index in [4.69, 9.17) is 0 Å². The number of rotatable bonds is 2. The minimum absolute atomic E-state index is 0.0484. The zero-order valence-electron chi connectivity index (χ0n) is 16.2. The van der Waals surface area contributed by atoms with Gasteiger partial charge in [-0.25, -0.2) is 4.39 Å². The Labute approximate surface area is 159 Å². The molecule has 0 saturated heterocycles. The molecule has 0 spiro atoms. The average Bonchev–Trinajstić information content (AvgIpc) is 2.85. The van der Waals surface area contributed by atoms with Crippen molar-refractivity contribution in [3.05, 3.63) is 23.8 Å². The summed E-state index contributed by atoms with van der Waals surface area (Å²) in [4.78, 5) is 24.3. The van der Waals surface area contributed by atoms with Gasteiger partial charge in [-0.15, -0.1) is 0 Å². The third-order valence-corrected chi connectivity index (χ3v) is 8.32. The van der Waals surface area contributed by atoms with Crippen molar-refractivity contribution in [3.8, 4) is 0 Å². The van der Waals surface area contributed by atoms with Crippen LogP contribution in [0.1, 0.15) is 40.0 Å². The molecule has 0 aromatic rings. The predicted octanol–water partition coefficient (Wildman–Crippen LogP) is 2.64. The standard InChI is InChI=1S/C22H29FO4/c1-11-6-14-13-8-16(23)15-7-12(25)4-5-21(15,2)20(13)17(26)9-22(14,3)19(11)18(27)10-24/h4-5,7,11,13-14,16-17,19-20,24,26H,6,8-10H2,1-3H3/t11-,13-,14-,16+,17+,19+,20+,21+,22+/m1/s1. The quantitative estimate of drug-likeness (QED) is 0.777. The van der Waals surface area contributed by atoms with Gasteiger partial charge in [0.2, 0.25) is 0 Å². The van der Waals surface area contributed by atoms with E-state index in [2.05, 4.69) is 0 Å². The van der Waals surface area contributed by atoms with E-state index < -0.39 is 29.7 Å². The Hall–Kier alpha value is -1.33. The first-order chi connectivity index (χ1) is 12.6. The van der Waals surface area contributed by atoms with Gasteiger partial charge in [0.05, 0.1) is 6.10 Å². The van der Waals surface area contributed by atoms with Crippen LogP contribution in [0.25, 0.3) is 0 Å². The molecule has 3 saturated carbocycles. The van der Waals surface area contributed by atoms with Crippen LogP contribution in [0.15, 0.2) is 23.8 Å². The number of aliphatic hydroxyl groups is 2. The Balaban J connectivity index is 1.77. The maximum Gasteiger partial charge on any atom is 0.178 e. The second-order valence-corrected chi connectivity index (χ2v) is 9.71. The molecule has 0 aromatic heterocycles. The van der Waals surface area contributed by atoms with Crippen LogP contribution in [-0.4, -0.2) is 40.7 Å². The largest absolute Gasteiger partial charge is 0.393 e. The Morgan fingerprint density at radius 3 is 2.70 bits per heavy atom. The topological polar surface area (TPSA) is 74.6 Å². The Kier molecular flexibility index (Phi) is 4.28. The molecule has 0 bridgehead atoms. The monoisotopic (exact) mass is 376 g/mol. The van der Waals surface area contributed by atoms with Gasteiger partial charge in [0.1, 0.15) is 12.8 Å². The molecule has 2 N–H and O–H groups in total. The van der Waals surface area contributed by atoms with Gasteiger partial charge in [0, 0.05) is 17.3 Å². The number of carbonyl (C=O) groups excluding carboxylic acids is 2. The van der Waals surface area contributed by atoms with Crippen LogP contribution >= 0.6 is 0 Å². The number of ketones is 2. The molecular formula is C22H29FO4. The minimum Gasteiger partial charge on any atom is -0.393 e. The van der Waals surface area contributed by atoms with Crippen molar-refractivity contribution >= 4 is 11.6 Å². The second kappa shape index (κ2) is 6.08. The van der Waals surface area contributed by atoms with Crippen LogP contribution in [0, 0.1) is 40.4 Å². The van der Waals surface area contributed by atoms with Gasteiger partial charge in [-0.1, -0.05) is 26.8 Å². The third-order valence-electron chi connectivity index (χ3n) is 8.32. The number of Topliss-reactive ketones (excluding diaryl/α,β-unsaturated/α-hetero) is 1. The number of carbonyl (C=O) groups is 2. The molecule has 0 aromatic carbocycles. The number of fused-ring (bicyclic) bond motifs is 5. The van der Waals surface area contributed by atoms with Gasteiger partial charge in [-0.3, -0.25) is 9.59 Å². The van der Waals surface area contributed by atoms with Crippen molar-refractivity contribution in [2.24, 2.45) is 40.4 Å². The van der Waals surface area contributed by atoms with E-state index >= 15 is 4.39 Å². The number of hydrogen-bond acceptors (Lipinski definition) is 4. The highest BCUT2D eigenvalue weighted by atomic mass is 19.1. The van der Waals surface area contributed by atoms with E-state index in [1.807, 2.05) is 20.8 Å². The molecule has 148 valence electrons. The van der Waals surface area contributed by atoms with Crippen LogP contribution in [0.3, 0.4) is 0 Å². The molecule has 0 unspecified atom stereocenters. The summed E-state index contributed by atoms with van der Waals surface area (Å²) in [6, 6.07) is 0. The van der Waals surface area contributed by atoms with Crippen molar-refractivity contribution in [1.82, 2.24) is 0 Å². The van der Waals surface area contributed by atoms with Crippen molar-refractivity contribution < 1.29 is 24.2 Å². The molecule has 0 radical (unpaired) electrons. The maximum atomic E-state index is 15.2. The van der Waals surface area contributed by atoms with Gasteiger partial charge in [0.25, 0.3) is 0 Å². The van der Waals surface area contributed by atoms with Gasteiger partial charge in [-0.2, -0.15) is 0 Å². The summed E-state index contributed by atoms with van der Waals surface area (Å²) in [7, 11) is 0. The van der Waals surface area contributed by atoms with E-state index in [9.17, 15) is 19.8 Å². The van der Waals surface area contributed by atoms with Crippen LogP contribution < -0.4 is 0 Å². The SMILES string of the molecule is C[C@@H]1C[C@@H]2[C@H]3C[C@H](F)C4=CC(=O)C=C[C@]4(C)[C@@H]3[C@@H](O)C[C@]2(C)[C@@H]1C(=O)CO. The van der Waals surface area contributed by atoms with E-state index in [0.717, 1.165) is 6.42 Å². The van der Waals surface area contributed by atoms with Crippen molar-refractivity contribution in [2.45, 2.75) is 52.3 Å². The first-order valence-electron chi connectivity index (χ1n) is 10.0. The molecule has 9 atom stereocenters. The van der Waals surface area contributed by atoms with E-state index in [0.29, 0.717) is 12.0 Å². The highest BCUT2D eigenvalue weighted by molar-refractivity contribution is 6.01. The van der Waals surface area contributed by atoms with Gasteiger partial charge in [0.15, 0.2) is 11.6 Å². The van der Waals surface area contributed by atoms with Crippen LogP contribution in [0.5, 0.6) is 0 Å². The molecule has 4 aliphatic carbocycles. The van der Waals surface area contributed by atoms with E-state index in [1.54, 1.807) is 6.08 Å². The van der Waals surface area contributed by atoms with Crippen molar-refractivity contribution in [3.63, 3.8) is 0 Å². The average molecular weight is 376 g/mol.